The first-order valence-electron chi connectivity index (χ1n) is 22.5. The van der Waals surface area contributed by atoms with Gasteiger partial charge in [-0.05, 0) is 50.5 Å². The molecule has 2 heterocycles. The maximum atomic E-state index is 12.8. The third-order valence-corrected chi connectivity index (χ3v) is 13.0. The van der Waals surface area contributed by atoms with Gasteiger partial charge < -0.3 is 45.1 Å². The number of phosphoric acid groups is 2. The molecule has 0 aromatic carbocycles. The fourth-order valence-electron chi connectivity index (χ4n) is 6.44. The minimum atomic E-state index is -5.43. The summed E-state index contributed by atoms with van der Waals surface area (Å²) < 4.78 is 56.5. The lowest BCUT2D eigenvalue weighted by atomic mass is 10.00. The summed E-state index contributed by atoms with van der Waals surface area (Å²) in [6.45, 7) is 4.11. The Hall–Kier alpha value is -3.06. The van der Waals surface area contributed by atoms with Crippen LogP contribution in [-0.2, 0) is 46.3 Å². The number of hydrogen-bond donors (Lipinski definition) is 6. The number of carbonyl (C=O) groups is 2. The van der Waals surface area contributed by atoms with Crippen LogP contribution in [0.15, 0.2) is 53.5 Å². The molecule has 0 radical (unpaired) electrons. The highest BCUT2D eigenvalue weighted by Gasteiger charge is 2.46. The minimum absolute atomic E-state index is 0.00333. The summed E-state index contributed by atoms with van der Waals surface area (Å²) in [5, 5.41) is 30.7. The van der Waals surface area contributed by atoms with Crippen LogP contribution in [0.25, 0.3) is 0 Å². The van der Waals surface area contributed by atoms with Crippen molar-refractivity contribution in [3.05, 3.63) is 59.2 Å². The summed E-state index contributed by atoms with van der Waals surface area (Å²) in [6, 6.07) is 1.24. The summed E-state index contributed by atoms with van der Waals surface area (Å²) in [6.07, 6.45) is 18.9. The van der Waals surface area contributed by atoms with Gasteiger partial charge in [0.15, 0.2) is 12.3 Å². The smallest absolute Gasteiger partial charge is 0.462 e. The number of anilines is 1. The van der Waals surface area contributed by atoms with Crippen molar-refractivity contribution in [2.45, 2.75) is 173 Å². The molecule has 7 N–H and O–H groups in total. The van der Waals surface area contributed by atoms with E-state index in [1.807, 2.05) is 37.3 Å². The second-order valence-corrected chi connectivity index (χ2v) is 19.0. The zero-order chi connectivity index (χ0) is 47.4. The number of hydrogen-bond acceptors (Lipinski definition) is 16. The molecule has 1 aliphatic rings. The average molecular weight is 950 g/mol. The molecular formula is C43H73N3O16P2. The number of rotatable bonds is 35. The van der Waals surface area contributed by atoms with Crippen LogP contribution in [0.1, 0.15) is 143 Å². The SMILES string of the molecule is CC/C=C/CC(O)/C=C/C=C/CCCCCCCC(=O)O[C@H](COC(=O)CCCCCCCCC(C)CC)COP(=O)(O)OP(=O)(O)OC[C@H]1O[C@@H](n2ccc(N)nc2=O)[C@H](O)[C@@H]1O. The van der Waals surface area contributed by atoms with E-state index in [4.69, 9.17) is 29.0 Å². The Kier molecular flexibility index (Phi) is 28.3. The summed E-state index contributed by atoms with van der Waals surface area (Å²) in [4.78, 5) is 61.6. The summed E-state index contributed by atoms with van der Waals surface area (Å²) in [5.74, 6) is -0.645. The first-order valence-corrected chi connectivity index (χ1v) is 25.5. The predicted octanol–water partition coefficient (Wildman–Crippen LogP) is 6.88. The largest absolute Gasteiger partial charge is 0.481 e. The molecule has 9 atom stereocenters. The third kappa shape index (κ3) is 25.0. The van der Waals surface area contributed by atoms with Gasteiger partial charge in [0.2, 0.25) is 0 Å². The van der Waals surface area contributed by atoms with E-state index >= 15 is 0 Å². The molecule has 19 nitrogen and oxygen atoms in total. The molecule has 1 aliphatic heterocycles. The van der Waals surface area contributed by atoms with Crippen molar-refractivity contribution in [3.8, 4) is 0 Å². The first kappa shape index (κ1) is 57.1. The Morgan fingerprint density at radius 1 is 0.875 bits per heavy atom. The summed E-state index contributed by atoms with van der Waals surface area (Å²) in [7, 11) is -10.9. The van der Waals surface area contributed by atoms with Gasteiger partial charge in [0.05, 0.1) is 19.3 Å². The number of phosphoric ester groups is 2. The van der Waals surface area contributed by atoms with E-state index in [9.17, 15) is 48.6 Å². The number of nitrogens with zero attached hydrogens (tertiary/aromatic N) is 2. The van der Waals surface area contributed by atoms with E-state index in [-0.39, 0.29) is 18.7 Å². The molecule has 0 bridgehead atoms. The topological polar surface area (TPSA) is 286 Å². The molecule has 2 rings (SSSR count). The standard InChI is InChI=1S/C43H73N3O16P2/c1-4-6-18-24-34(47)25-20-15-10-8-7-9-11-17-22-27-39(49)60-35(30-57-38(48)26-21-16-13-12-14-19-23-33(3)5-2)31-58-63(53,54)62-64(55,56)59-32-36-40(50)41(51)42(61-36)46-29-28-37(44)45-43(46)52/h6,10,15,18,20,25,28-29,33-36,40-42,47,50-51H,4-5,7-9,11-14,16-17,19,21-24,26-27,30-32H2,1-3H3,(H,53,54)(H,55,56)(H2,44,45,52)/b15-10+,18-6+,25-20+/t33?,34?,35-,36-,40-,41-,42-/m1/s1. The van der Waals surface area contributed by atoms with Crippen LogP contribution in [-0.4, -0.2) is 96.9 Å². The van der Waals surface area contributed by atoms with Gasteiger partial charge in [-0.25, -0.2) is 13.9 Å². The van der Waals surface area contributed by atoms with Gasteiger partial charge in [-0.15, -0.1) is 0 Å². The maximum Gasteiger partial charge on any atom is 0.481 e. The fraction of sp³-hybridized carbons (Fsp3) is 0.721. The maximum absolute atomic E-state index is 12.8. The quantitative estimate of drug-likeness (QED) is 0.0133. The summed E-state index contributed by atoms with van der Waals surface area (Å²) >= 11 is 0. The Bertz CT molecular complexity index is 1740. The number of aliphatic hydroxyl groups excluding tert-OH is 3. The van der Waals surface area contributed by atoms with Crippen molar-refractivity contribution >= 4 is 33.4 Å². The van der Waals surface area contributed by atoms with Crippen molar-refractivity contribution in [1.82, 2.24) is 9.55 Å². The fourth-order valence-corrected chi connectivity index (χ4v) is 8.55. The van der Waals surface area contributed by atoms with Gasteiger partial charge in [0.25, 0.3) is 0 Å². The van der Waals surface area contributed by atoms with Gasteiger partial charge >= 0.3 is 33.3 Å². The molecule has 1 aromatic heterocycles. The molecule has 366 valence electrons. The zero-order valence-corrected chi connectivity index (χ0v) is 39.4. The molecule has 21 heteroatoms. The third-order valence-electron chi connectivity index (χ3n) is 10.4. The van der Waals surface area contributed by atoms with Crippen molar-refractivity contribution in [2.24, 2.45) is 5.92 Å². The number of nitrogen functional groups attached to an aromatic ring is 1. The number of esters is 2. The van der Waals surface area contributed by atoms with Crippen molar-refractivity contribution < 1.29 is 71.4 Å². The monoisotopic (exact) mass is 949 g/mol. The van der Waals surface area contributed by atoms with E-state index in [1.54, 1.807) is 6.08 Å². The molecule has 0 saturated carbocycles. The van der Waals surface area contributed by atoms with Crippen molar-refractivity contribution in [3.63, 3.8) is 0 Å². The van der Waals surface area contributed by atoms with Crippen molar-refractivity contribution in [2.75, 3.05) is 25.6 Å². The second-order valence-electron chi connectivity index (χ2n) is 16.0. The van der Waals surface area contributed by atoms with E-state index in [0.29, 0.717) is 25.2 Å². The van der Waals surface area contributed by atoms with Crippen LogP contribution in [0, 0.1) is 5.92 Å². The van der Waals surface area contributed by atoms with Gasteiger partial charge in [0, 0.05) is 19.0 Å². The molecule has 0 aliphatic carbocycles. The number of aromatic nitrogens is 2. The highest BCUT2D eigenvalue weighted by Crippen LogP contribution is 2.60. The molecule has 4 unspecified atom stereocenters. The van der Waals surface area contributed by atoms with Crippen LogP contribution in [0.5, 0.6) is 0 Å². The van der Waals surface area contributed by atoms with Crippen LogP contribution in [0.4, 0.5) is 5.82 Å². The van der Waals surface area contributed by atoms with E-state index < -0.39 is 89.8 Å². The second kappa shape index (κ2) is 31.8. The molecule has 0 amide bonds. The highest BCUT2D eigenvalue weighted by atomic mass is 31.3. The predicted molar refractivity (Wildman–Crippen MR) is 239 cm³/mol. The average Bonchev–Trinajstić information content (AvgIpc) is 3.52. The van der Waals surface area contributed by atoms with Crippen LogP contribution < -0.4 is 11.4 Å². The lowest BCUT2D eigenvalue weighted by Gasteiger charge is -2.21. The van der Waals surface area contributed by atoms with Gasteiger partial charge in [0.1, 0.15) is 30.7 Å². The molecule has 1 fully saturated rings. The Morgan fingerprint density at radius 3 is 2.19 bits per heavy atom. The Balaban J connectivity index is 1.86. The van der Waals surface area contributed by atoms with E-state index in [2.05, 4.69) is 23.1 Å². The number of carbonyl (C=O) groups excluding carboxylic acids is 2. The van der Waals surface area contributed by atoms with Crippen LogP contribution in [0.3, 0.4) is 0 Å². The van der Waals surface area contributed by atoms with Crippen LogP contribution >= 0.6 is 15.6 Å². The first-order chi connectivity index (χ1) is 30.5. The normalized spacial score (nSPS) is 21.2. The molecule has 0 spiro atoms. The molecule has 1 saturated heterocycles. The minimum Gasteiger partial charge on any atom is -0.462 e. The number of aliphatic hydroxyl groups is 3. The Labute approximate surface area is 377 Å². The highest BCUT2D eigenvalue weighted by molar-refractivity contribution is 7.61. The van der Waals surface area contributed by atoms with Gasteiger partial charge in [-0.2, -0.15) is 9.29 Å². The van der Waals surface area contributed by atoms with Gasteiger partial charge in [-0.1, -0.05) is 121 Å². The number of nitrogens with two attached hydrogens (primary N) is 1. The van der Waals surface area contributed by atoms with E-state index in [0.717, 1.165) is 75.0 Å². The zero-order valence-electron chi connectivity index (χ0n) is 37.6. The van der Waals surface area contributed by atoms with E-state index in [1.165, 1.54) is 25.3 Å². The van der Waals surface area contributed by atoms with Gasteiger partial charge in [-0.3, -0.25) is 23.2 Å². The Morgan fingerprint density at radius 2 is 1.52 bits per heavy atom. The number of allylic oxidation sites excluding steroid dienone is 4. The number of ether oxygens (including phenoxy) is 3. The number of unbranched alkanes of at least 4 members (excludes halogenated alkanes) is 10. The lowest BCUT2D eigenvalue weighted by Crippen LogP contribution is -2.36. The molecule has 1 aromatic rings. The molecule has 64 heavy (non-hydrogen) atoms. The van der Waals surface area contributed by atoms with Crippen molar-refractivity contribution in [1.29, 1.82) is 0 Å². The lowest BCUT2D eigenvalue weighted by molar-refractivity contribution is -0.161. The van der Waals surface area contributed by atoms with Crippen LogP contribution in [0.2, 0.25) is 0 Å². The summed E-state index contributed by atoms with van der Waals surface area (Å²) in [5.41, 5.74) is 4.57. The molecular weight excluding hydrogens is 876 g/mol.